The van der Waals surface area contributed by atoms with E-state index >= 15 is 0 Å². The van der Waals surface area contributed by atoms with Crippen LogP contribution < -0.4 is 34.7 Å². The van der Waals surface area contributed by atoms with Crippen LogP contribution in [0.1, 0.15) is 37.8 Å². The summed E-state index contributed by atoms with van der Waals surface area (Å²) in [6.45, 7) is 0. The van der Waals surface area contributed by atoms with E-state index in [4.69, 9.17) is 0 Å². The monoisotopic (exact) mass is 362 g/mol. The molecule has 0 amide bonds. The predicted molar refractivity (Wildman–Crippen MR) is 96.9 cm³/mol. The summed E-state index contributed by atoms with van der Waals surface area (Å²) in [4.78, 5) is 25.5. The summed E-state index contributed by atoms with van der Waals surface area (Å²) in [6, 6.07) is 25.0. The van der Waals surface area contributed by atoms with E-state index in [0.29, 0.717) is 11.1 Å². The van der Waals surface area contributed by atoms with Gasteiger partial charge >= 0.3 is 29.6 Å². The van der Waals surface area contributed by atoms with Gasteiger partial charge in [-0.2, -0.15) is 0 Å². The number of allylic oxidation sites excluding steroid dienone is 2. The SMILES string of the molecule is O=C1C(=C([O-])C(c2ccccc2)c2ccccc2)C(=O)c2ccccc21.[Na+]. The number of ketones is 2. The van der Waals surface area contributed by atoms with E-state index in [-0.39, 0.29) is 35.1 Å². The molecule has 3 aromatic carbocycles. The van der Waals surface area contributed by atoms with Gasteiger partial charge < -0.3 is 5.11 Å². The summed E-state index contributed by atoms with van der Waals surface area (Å²) >= 11 is 0. The topological polar surface area (TPSA) is 57.2 Å². The Bertz CT molecular complexity index is 947. The Kier molecular flexibility index (Phi) is 5.76. The first kappa shape index (κ1) is 19.3. The van der Waals surface area contributed by atoms with Crippen molar-refractivity contribution in [2.24, 2.45) is 0 Å². The van der Waals surface area contributed by atoms with E-state index in [9.17, 15) is 14.7 Å². The van der Waals surface area contributed by atoms with E-state index in [1.807, 2.05) is 60.7 Å². The molecule has 126 valence electrons. The zero-order chi connectivity index (χ0) is 18.1. The molecule has 4 rings (SSSR count). The number of fused-ring (bicyclic) bond motifs is 1. The molecule has 1 aliphatic carbocycles. The van der Waals surface area contributed by atoms with Gasteiger partial charge in [0, 0.05) is 17.0 Å². The minimum absolute atomic E-state index is 0. The number of hydrogen-bond acceptors (Lipinski definition) is 3. The van der Waals surface area contributed by atoms with Crippen LogP contribution in [0.15, 0.2) is 96.3 Å². The number of carbonyl (C=O) groups is 2. The van der Waals surface area contributed by atoms with Crippen molar-refractivity contribution in [3.05, 3.63) is 119 Å². The average Bonchev–Trinajstić information content (AvgIpc) is 2.95. The molecule has 0 atom stereocenters. The van der Waals surface area contributed by atoms with Gasteiger partial charge in [0.05, 0.1) is 5.57 Å². The molecule has 0 aromatic heterocycles. The predicted octanol–water partition coefficient (Wildman–Crippen LogP) is 0.516. The molecule has 27 heavy (non-hydrogen) atoms. The molecule has 0 aliphatic heterocycles. The van der Waals surface area contributed by atoms with Crippen LogP contribution in [0.3, 0.4) is 0 Å². The Morgan fingerprint density at radius 2 is 1.00 bits per heavy atom. The fourth-order valence-electron chi connectivity index (χ4n) is 3.41. The molecular formula is C23H15NaO3. The Labute approximate surface area is 179 Å². The molecule has 0 N–H and O–H groups in total. The minimum Gasteiger partial charge on any atom is -0.874 e. The molecule has 1 aliphatic rings. The van der Waals surface area contributed by atoms with Gasteiger partial charge in [0.1, 0.15) is 0 Å². The third-order valence-electron chi connectivity index (χ3n) is 4.64. The maximum atomic E-state index is 13.4. The third kappa shape index (κ3) is 3.42. The first-order valence-electron chi connectivity index (χ1n) is 8.38. The summed E-state index contributed by atoms with van der Waals surface area (Å²) in [5.74, 6) is -2.09. The molecule has 0 bridgehead atoms. The molecule has 0 saturated heterocycles. The van der Waals surface area contributed by atoms with Crippen LogP contribution in [0.4, 0.5) is 0 Å². The molecule has 0 spiro atoms. The van der Waals surface area contributed by atoms with E-state index in [2.05, 4.69) is 0 Å². The Morgan fingerprint density at radius 3 is 1.41 bits per heavy atom. The Balaban J connectivity index is 0.00000210. The van der Waals surface area contributed by atoms with Gasteiger partial charge in [-0.25, -0.2) is 0 Å². The molecule has 0 radical (unpaired) electrons. The first-order chi connectivity index (χ1) is 12.7. The van der Waals surface area contributed by atoms with Gasteiger partial charge in [0.15, 0.2) is 11.6 Å². The van der Waals surface area contributed by atoms with Crippen molar-refractivity contribution < 1.29 is 44.3 Å². The summed E-state index contributed by atoms with van der Waals surface area (Å²) in [7, 11) is 0. The number of Topliss-reactive ketones (excluding diaryl/α,β-unsaturated/α-hetero) is 2. The van der Waals surface area contributed by atoms with E-state index < -0.39 is 23.2 Å². The van der Waals surface area contributed by atoms with E-state index in [1.54, 1.807) is 24.3 Å². The van der Waals surface area contributed by atoms with Crippen molar-refractivity contribution >= 4 is 11.6 Å². The maximum absolute atomic E-state index is 13.4. The molecule has 0 fully saturated rings. The molecule has 4 heteroatoms. The summed E-state index contributed by atoms with van der Waals surface area (Å²) in [6.07, 6.45) is 0. The zero-order valence-electron chi connectivity index (χ0n) is 14.9. The first-order valence-corrected chi connectivity index (χ1v) is 8.38. The van der Waals surface area contributed by atoms with Crippen molar-refractivity contribution in [3.63, 3.8) is 0 Å². The largest absolute Gasteiger partial charge is 1.00 e. The van der Waals surface area contributed by atoms with Crippen LogP contribution >= 0.6 is 0 Å². The standard InChI is InChI=1S/C23H16O3.Na/c24-21-17-13-7-8-14-18(17)22(25)20(21)23(26)19(15-9-3-1-4-10-15)16-11-5-2-6-12-16;/h1-14,19,26H;/q;+1/p-1. The molecule has 3 aromatic rings. The second kappa shape index (κ2) is 8.05. The van der Waals surface area contributed by atoms with Gasteiger partial charge in [-0.05, 0) is 11.1 Å². The minimum atomic E-state index is -0.686. The van der Waals surface area contributed by atoms with Crippen molar-refractivity contribution in [2.75, 3.05) is 0 Å². The van der Waals surface area contributed by atoms with Gasteiger partial charge in [-0.3, -0.25) is 9.59 Å². The number of hydrogen-bond donors (Lipinski definition) is 0. The third-order valence-corrected chi connectivity index (χ3v) is 4.64. The number of rotatable bonds is 3. The van der Waals surface area contributed by atoms with Crippen molar-refractivity contribution in [1.29, 1.82) is 0 Å². The van der Waals surface area contributed by atoms with Crippen molar-refractivity contribution in [1.82, 2.24) is 0 Å². The fraction of sp³-hybridized carbons (Fsp3) is 0.0435. The maximum Gasteiger partial charge on any atom is 1.00 e. The second-order valence-electron chi connectivity index (χ2n) is 6.20. The van der Waals surface area contributed by atoms with Crippen molar-refractivity contribution in [2.45, 2.75) is 5.92 Å². The smallest absolute Gasteiger partial charge is 0.874 e. The Morgan fingerprint density at radius 1 is 0.630 bits per heavy atom. The van der Waals surface area contributed by atoms with Gasteiger partial charge in [0.25, 0.3) is 0 Å². The van der Waals surface area contributed by atoms with E-state index in [1.165, 1.54) is 0 Å². The summed E-state index contributed by atoms with van der Waals surface area (Å²) in [5.41, 5.74) is 1.88. The van der Waals surface area contributed by atoms with Crippen LogP contribution in [0, 0.1) is 0 Å². The Hall–Kier alpha value is -2.46. The van der Waals surface area contributed by atoms with Gasteiger partial charge in [-0.1, -0.05) is 84.9 Å². The van der Waals surface area contributed by atoms with Crippen LogP contribution in [-0.4, -0.2) is 11.6 Å². The zero-order valence-corrected chi connectivity index (χ0v) is 16.9. The summed E-state index contributed by atoms with van der Waals surface area (Å²) < 4.78 is 0. The molecule has 0 heterocycles. The van der Waals surface area contributed by atoms with Gasteiger partial charge in [-0.15, -0.1) is 5.76 Å². The summed E-state index contributed by atoms with van der Waals surface area (Å²) in [5, 5.41) is 13.4. The normalized spacial score (nSPS) is 12.7. The number of benzene rings is 3. The van der Waals surface area contributed by atoms with E-state index in [0.717, 1.165) is 11.1 Å². The fourth-order valence-corrected chi connectivity index (χ4v) is 3.41. The van der Waals surface area contributed by atoms with Crippen molar-refractivity contribution in [3.8, 4) is 0 Å². The quantitative estimate of drug-likeness (QED) is 0.295. The second-order valence-corrected chi connectivity index (χ2v) is 6.20. The van der Waals surface area contributed by atoms with Crippen LogP contribution in [0.25, 0.3) is 0 Å². The molecule has 3 nitrogen and oxygen atoms in total. The van der Waals surface area contributed by atoms with Gasteiger partial charge in [0.2, 0.25) is 0 Å². The molecular weight excluding hydrogens is 347 g/mol. The van der Waals surface area contributed by atoms with Crippen LogP contribution in [-0.2, 0) is 0 Å². The number of carbonyl (C=O) groups excluding carboxylic acids is 2. The molecule has 0 saturated carbocycles. The molecule has 0 unspecified atom stereocenters. The average molecular weight is 362 g/mol. The van der Waals surface area contributed by atoms with Crippen LogP contribution in [0.5, 0.6) is 0 Å². The van der Waals surface area contributed by atoms with Crippen LogP contribution in [0.2, 0.25) is 0 Å².